The molecule has 31 heavy (non-hydrogen) atoms. The van der Waals surface area contributed by atoms with Gasteiger partial charge in [-0.3, -0.25) is 0 Å². The Balaban J connectivity index is 1.35. The normalized spacial score (nSPS) is 14.9. The summed E-state index contributed by atoms with van der Waals surface area (Å²) in [5, 5.41) is 15.8. The molecule has 1 aromatic carbocycles. The number of nitrogens with one attached hydrogen (secondary N) is 3. The number of H-pyrrole nitrogens is 1. The zero-order valence-corrected chi connectivity index (χ0v) is 17.0. The number of para-hydroxylation sites is 1. The minimum absolute atomic E-state index is 0.184. The maximum absolute atomic E-state index is 12.4. The summed E-state index contributed by atoms with van der Waals surface area (Å²) in [6, 6.07) is 9.83. The van der Waals surface area contributed by atoms with Gasteiger partial charge in [-0.05, 0) is 29.3 Å². The van der Waals surface area contributed by atoms with Crippen LogP contribution in [0.15, 0.2) is 48.8 Å². The second kappa shape index (κ2) is 9.48. The summed E-state index contributed by atoms with van der Waals surface area (Å²) in [5.41, 5.74) is 2.66. The highest BCUT2D eigenvalue weighted by Gasteiger charge is 2.22. The molecule has 1 aliphatic rings. The summed E-state index contributed by atoms with van der Waals surface area (Å²) in [4.78, 5) is 33.7. The number of aromatic nitrogens is 2. The molecule has 0 spiro atoms. The minimum Gasteiger partial charge on any atom is -0.480 e. The summed E-state index contributed by atoms with van der Waals surface area (Å²) < 4.78 is 5.36. The van der Waals surface area contributed by atoms with E-state index in [-0.39, 0.29) is 13.0 Å². The van der Waals surface area contributed by atoms with Crippen LogP contribution in [-0.2, 0) is 22.5 Å². The molecule has 1 aliphatic heterocycles. The number of hydrogen-bond acceptors (Lipinski definition) is 5. The molecular weight excluding hydrogens is 398 g/mol. The average molecular weight is 423 g/mol. The Hall–Kier alpha value is -3.59. The Bertz CT molecular complexity index is 1060. The monoisotopic (exact) mass is 423 g/mol. The third-order valence-electron chi connectivity index (χ3n) is 5.30. The van der Waals surface area contributed by atoms with Gasteiger partial charge in [0.25, 0.3) is 0 Å². The van der Waals surface area contributed by atoms with Gasteiger partial charge in [0.1, 0.15) is 11.9 Å². The SMILES string of the molecule is O=C(NCc1ccnc(N2CCOCC2)c1)N[C@@H](Cc1c[nH]c2ccccc12)C(=O)O. The fourth-order valence-corrected chi connectivity index (χ4v) is 3.65. The molecule has 3 aromatic rings. The maximum Gasteiger partial charge on any atom is 0.326 e. The number of morpholine rings is 1. The maximum atomic E-state index is 12.4. The number of ether oxygens (including phenoxy) is 1. The van der Waals surface area contributed by atoms with Crippen LogP contribution >= 0.6 is 0 Å². The van der Waals surface area contributed by atoms with E-state index in [1.54, 1.807) is 12.4 Å². The Labute approximate surface area is 179 Å². The lowest BCUT2D eigenvalue weighted by Crippen LogP contribution is -2.46. The fourth-order valence-electron chi connectivity index (χ4n) is 3.65. The van der Waals surface area contributed by atoms with Crippen LogP contribution in [0.25, 0.3) is 10.9 Å². The zero-order valence-electron chi connectivity index (χ0n) is 17.0. The first kappa shape index (κ1) is 20.7. The Kier molecular flexibility index (Phi) is 6.32. The molecule has 0 unspecified atom stereocenters. The van der Waals surface area contributed by atoms with Crippen LogP contribution < -0.4 is 15.5 Å². The van der Waals surface area contributed by atoms with Crippen molar-refractivity contribution in [3.05, 3.63) is 59.9 Å². The van der Waals surface area contributed by atoms with E-state index in [0.29, 0.717) is 13.2 Å². The molecule has 4 rings (SSSR count). The fraction of sp³-hybridized carbons (Fsp3) is 0.318. The molecule has 9 heteroatoms. The van der Waals surface area contributed by atoms with Crippen molar-refractivity contribution in [3.8, 4) is 0 Å². The summed E-state index contributed by atoms with van der Waals surface area (Å²) in [6.07, 6.45) is 3.67. The Morgan fingerprint density at radius 2 is 2.03 bits per heavy atom. The molecule has 1 fully saturated rings. The number of rotatable bonds is 7. The third-order valence-corrected chi connectivity index (χ3v) is 5.30. The molecule has 2 aromatic heterocycles. The van der Waals surface area contributed by atoms with Crippen molar-refractivity contribution in [2.75, 3.05) is 31.2 Å². The molecule has 0 radical (unpaired) electrons. The van der Waals surface area contributed by atoms with E-state index in [0.717, 1.165) is 40.9 Å². The van der Waals surface area contributed by atoms with Gasteiger partial charge in [0.15, 0.2) is 0 Å². The van der Waals surface area contributed by atoms with Crippen molar-refractivity contribution in [2.45, 2.75) is 19.0 Å². The predicted octanol–water partition coefficient (Wildman–Crippen LogP) is 1.89. The van der Waals surface area contributed by atoms with E-state index in [1.165, 1.54) is 0 Å². The van der Waals surface area contributed by atoms with Crippen molar-refractivity contribution in [1.82, 2.24) is 20.6 Å². The van der Waals surface area contributed by atoms with Crippen molar-refractivity contribution < 1.29 is 19.4 Å². The lowest BCUT2D eigenvalue weighted by atomic mass is 10.1. The number of anilines is 1. The third kappa shape index (κ3) is 5.13. The van der Waals surface area contributed by atoms with E-state index < -0.39 is 18.0 Å². The van der Waals surface area contributed by atoms with Gasteiger partial charge in [-0.15, -0.1) is 0 Å². The molecule has 0 aliphatic carbocycles. The lowest BCUT2D eigenvalue weighted by Gasteiger charge is -2.28. The zero-order chi connectivity index (χ0) is 21.6. The van der Waals surface area contributed by atoms with Gasteiger partial charge >= 0.3 is 12.0 Å². The lowest BCUT2D eigenvalue weighted by molar-refractivity contribution is -0.139. The van der Waals surface area contributed by atoms with Crippen LogP contribution in [-0.4, -0.2) is 59.4 Å². The number of pyridine rings is 1. The number of hydrogen-bond donors (Lipinski definition) is 4. The molecule has 3 heterocycles. The predicted molar refractivity (Wildman–Crippen MR) is 116 cm³/mol. The van der Waals surface area contributed by atoms with Crippen LogP contribution in [0.2, 0.25) is 0 Å². The first-order valence-corrected chi connectivity index (χ1v) is 10.2. The number of nitrogens with zero attached hydrogens (tertiary/aromatic N) is 2. The number of carbonyl (C=O) groups excluding carboxylic acids is 1. The first-order chi connectivity index (χ1) is 15.1. The number of carbonyl (C=O) groups is 2. The molecule has 162 valence electrons. The Morgan fingerprint density at radius 3 is 2.84 bits per heavy atom. The number of carboxylic acid groups (broad SMARTS) is 1. The molecule has 0 bridgehead atoms. The quantitative estimate of drug-likeness (QED) is 0.461. The van der Waals surface area contributed by atoms with E-state index in [4.69, 9.17) is 4.74 Å². The molecule has 2 amide bonds. The second-order valence-corrected chi connectivity index (χ2v) is 7.40. The van der Waals surface area contributed by atoms with Gasteiger partial charge in [-0.2, -0.15) is 0 Å². The number of amides is 2. The van der Waals surface area contributed by atoms with E-state index in [1.807, 2.05) is 36.4 Å². The van der Waals surface area contributed by atoms with Gasteiger partial charge < -0.3 is 30.4 Å². The highest BCUT2D eigenvalue weighted by molar-refractivity contribution is 5.86. The van der Waals surface area contributed by atoms with Crippen molar-refractivity contribution in [1.29, 1.82) is 0 Å². The van der Waals surface area contributed by atoms with Gasteiger partial charge in [0.2, 0.25) is 0 Å². The highest BCUT2D eigenvalue weighted by Crippen LogP contribution is 2.19. The second-order valence-electron chi connectivity index (χ2n) is 7.40. The van der Waals surface area contributed by atoms with E-state index >= 15 is 0 Å². The number of urea groups is 1. The van der Waals surface area contributed by atoms with E-state index in [9.17, 15) is 14.7 Å². The number of aromatic amines is 1. The number of aliphatic carboxylic acids is 1. The van der Waals surface area contributed by atoms with Crippen LogP contribution in [0.1, 0.15) is 11.1 Å². The molecule has 4 N–H and O–H groups in total. The van der Waals surface area contributed by atoms with Gasteiger partial charge in [-0.1, -0.05) is 18.2 Å². The molecule has 0 saturated carbocycles. The number of benzene rings is 1. The molecular formula is C22H25N5O4. The average Bonchev–Trinajstić information content (AvgIpc) is 3.21. The summed E-state index contributed by atoms with van der Waals surface area (Å²) >= 11 is 0. The van der Waals surface area contributed by atoms with Crippen molar-refractivity contribution >= 4 is 28.7 Å². The van der Waals surface area contributed by atoms with Gasteiger partial charge in [0.05, 0.1) is 13.2 Å². The number of fused-ring (bicyclic) bond motifs is 1. The van der Waals surface area contributed by atoms with Crippen LogP contribution in [0.5, 0.6) is 0 Å². The van der Waals surface area contributed by atoms with Crippen LogP contribution in [0.3, 0.4) is 0 Å². The van der Waals surface area contributed by atoms with E-state index in [2.05, 4.69) is 25.5 Å². The van der Waals surface area contributed by atoms with Crippen LogP contribution in [0.4, 0.5) is 10.6 Å². The molecule has 1 atom stereocenters. The summed E-state index contributed by atoms with van der Waals surface area (Å²) in [7, 11) is 0. The minimum atomic E-state index is -1.08. The molecule has 1 saturated heterocycles. The summed E-state index contributed by atoms with van der Waals surface area (Å²) in [6.45, 7) is 3.15. The standard InChI is InChI=1S/C22H25N5O4/c28-21(29)19(12-16-14-24-18-4-2-1-3-17(16)18)26-22(30)25-13-15-5-6-23-20(11-15)27-7-9-31-10-8-27/h1-6,11,14,19,24H,7-10,12-13H2,(H,28,29)(H2,25,26,30)/t19-/m0/s1. The van der Waals surface area contributed by atoms with Gasteiger partial charge in [0, 0.05) is 49.4 Å². The number of carboxylic acids is 1. The largest absolute Gasteiger partial charge is 0.480 e. The van der Waals surface area contributed by atoms with Crippen molar-refractivity contribution in [3.63, 3.8) is 0 Å². The van der Waals surface area contributed by atoms with Gasteiger partial charge in [-0.25, -0.2) is 14.6 Å². The first-order valence-electron chi connectivity index (χ1n) is 10.2. The van der Waals surface area contributed by atoms with Crippen LogP contribution in [0, 0.1) is 0 Å². The highest BCUT2D eigenvalue weighted by atomic mass is 16.5. The molecule has 9 nitrogen and oxygen atoms in total. The smallest absolute Gasteiger partial charge is 0.326 e. The topological polar surface area (TPSA) is 120 Å². The Morgan fingerprint density at radius 1 is 1.23 bits per heavy atom. The summed E-state index contributed by atoms with van der Waals surface area (Å²) in [5.74, 6) is -0.246. The van der Waals surface area contributed by atoms with Crippen molar-refractivity contribution in [2.24, 2.45) is 0 Å².